The minimum atomic E-state index is -3.46. The minimum Gasteiger partial charge on any atom is -0.462 e. The third-order valence-corrected chi connectivity index (χ3v) is 5.25. The highest BCUT2D eigenvalue weighted by Crippen LogP contribution is 2.25. The lowest BCUT2D eigenvalue weighted by Gasteiger charge is -2.20. The molecule has 0 aliphatic carbocycles. The van der Waals surface area contributed by atoms with Crippen LogP contribution < -0.4 is 9.62 Å². The van der Waals surface area contributed by atoms with E-state index in [2.05, 4.69) is 5.32 Å². The molecule has 1 amide bonds. The van der Waals surface area contributed by atoms with Crippen LogP contribution in [-0.2, 0) is 14.8 Å². The lowest BCUT2D eigenvalue weighted by atomic mass is 10.1. The molecule has 0 aromatic heterocycles. The van der Waals surface area contributed by atoms with Gasteiger partial charge in [-0.25, -0.2) is 13.2 Å². The number of anilines is 2. The van der Waals surface area contributed by atoms with Crippen molar-refractivity contribution in [2.75, 3.05) is 29.5 Å². The lowest BCUT2D eigenvalue weighted by molar-refractivity contribution is 0.0527. The van der Waals surface area contributed by atoms with Gasteiger partial charge < -0.3 is 10.1 Å². The number of carbonyl (C=O) groups excluding carboxylic acids is 2. The molecular weight excluding hydrogens is 368 g/mol. The predicted octanol–water partition coefficient (Wildman–Crippen LogP) is 2.82. The van der Waals surface area contributed by atoms with Gasteiger partial charge in [0.25, 0.3) is 5.91 Å². The quantitative estimate of drug-likeness (QED) is 0.766. The van der Waals surface area contributed by atoms with Crippen molar-refractivity contribution < 1.29 is 22.7 Å². The number of rotatable bonds is 6. The summed E-state index contributed by atoms with van der Waals surface area (Å²) in [6, 6.07) is 11.4. The first-order chi connectivity index (χ1) is 12.7. The third-order valence-electron chi connectivity index (χ3n) is 4.06. The summed E-state index contributed by atoms with van der Waals surface area (Å²) in [7, 11) is -2.04. The van der Waals surface area contributed by atoms with Crippen LogP contribution >= 0.6 is 0 Å². The predicted molar refractivity (Wildman–Crippen MR) is 105 cm³/mol. The number of benzene rings is 2. The second kappa shape index (κ2) is 8.22. The summed E-state index contributed by atoms with van der Waals surface area (Å²) in [6.07, 6.45) is 1.09. The van der Waals surface area contributed by atoms with E-state index in [9.17, 15) is 18.0 Å². The van der Waals surface area contributed by atoms with Crippen LogP contribution in [0.2, 0.25) is 0 Å². The molecule has 7 nitrogen and oxygen atoms in total. The molecule has 0 bridgehead atoms. The Kier molecular flexibility index (Phi) is 6.22. The minimum absolute atomic E-state index is 0.222. The molecule has 0 aliphatic rings. The maximum Gasteiger partial charge on any atom is 0.340 e. The zero-order chi connectivity index (χ0) is 20.2. The standard InChI is InChI=1S/C19H22N2O5S/c1-5-26-19(23)15-9-6-7-11-16(15)20-18(22)14-10-8-12-17(13(14)2)21(3)27(4,24)25/h6-12H,5H2,1-4H3,(H,20,22). The fourth-order valence-electron chi connectivity index (χ4n) is 2.56. The van der Waals surface area contributed by atoms with Gasteiger partial charge in [0.2, 0.25) is 10.0 Å². The van der Waals surface area contributed by atoms with Crippen LogP contribution in [0.3, 0.4) is 0 Å². The summed E-state index contributed by atoms with van der Waals surface area (Å²) >= 11 is 0. The van der Waals surface area contributed by atoms with Crippen LogP contribution in [0.5, 0.6) is 0 Å². The van der Waals surface area contributed by atoms with Gasteiger partial charge in [0.15, 0.2) is 0 Å². The van der Waals surface area contributed by atoms with E-state index in [-0.39, 0.29) is 12.2 Å². The second-order valence-corrected chi connectivity index (χ2v) is 7.91. The second-order valence-electron chi connectivity index (χ2n) is 5.90. The molecule has 2 aromatic carbocycles. The van der Waals surface area contributed by atoms with Crippen molar-refractivity contribution >= 4 is 33.3 Å². The first-order valence-corrected chi connectivity index (χ1v) is 10.1. The van der Waals surface area contributed by atoms with E-state index in [1.807, 2.05) is 0 Å². The molecule has 0 fully saturated rings. The Morgan fingerprint density at radius 3 is 2.33 bits per heavy atom. The molecular formula is C19H22N2O5S. The van der Waals surface area contributed by atoms with E-state index in [1.54, 1.807) is 56.3 Å². The monoisotopic (exact) mass is 390 g/mol. The van der Waals surface area contributed by atoms with Gasteiger partial charge in [-0.15, -0.1) is 0 Å². The maximum absolute atomic E-state index is 12.8. The number of nitrogens with one attached hydrogen (secondary N) is 1. The third kappa shape index (κ3) is 4.65. The van der Waals surface area contributed by atoms with Gasteiger partial charge in [0.05, 0.1) is 29.8 Å². The van der Waals surface area contributed by atoms with E-state index in [0.29, 0.717) is 22.5 Å². The van der Waals surface area contributed by atoms with Crippen molar-refractivity contribution in [3.8, 4) is 0 Å². The molecule has 0 atom stereocenters. The summed E-state index contributed by atoms with van der Waals surface area (Å²) in [5, 5.41) is 2.70. The topological polar surface area (TPSA) is 92.8 Å². The molecule has 2 aromatic rings. The number of hydrogen-bond acceptors (Lipinski definition) is 5. The number of esters is 1. The van der Waals surface area contributed by atoms with Gasteiger partial charge in [-0.3, -0.25) is 9.10 Å². The maximum atomic E-state index is 12.8. The summed E-state index contributed by atoms with van der Waals surface area (Å²) in [5.74, 6) is -0.983. The van der Waals surface area contributed by atoms with Crippen LogP contribution in [-0.4, -0.2) is 40.2 Å². The average molecular weight is 390 g/mol. The number of amides is 1. The van der Waals surface area contributed by atoms with Crippen molar-refractivity contribution in [2.45, 2.75) is 13.8 Å². The Morgan fingerprint density at radius 2 is 1.70 bits per heavy atom. The molecule has 0 saturated heterocycles. The van der Waals surface area contributed by atoms with Crippen LogP contribution in [0, 0.1) is 6.92 Å². The summed E-state index contributed by atoms with van der Waals surface area (Å²) in [6.45, 7) is 3.59. The van der Waals surface area contributed by atoms with E-state index < -0.39 is 21.9 Å². The molecule has 0 radical (unpaired) electrons. The number of para-hydroxylation sites is 1. The number of ether oxygens (including phenoxy) is 1. The Bertz CT molecular complexity index is 970. The van der Waals surface area contributed by atoms with Gasteiger partial charge in [-0.2, -0.15) is 0 Å². The molecule has 0 heterocycles. The molecule has 2 rings (SSSR count). The van der Waals surface area contributed by atoms with E-state index in [4.69, 9.17) is 4.74 Å². The fourth-order valence-corrected chi connectivity index (χ4v) is 3.11. The van der Waals surface area contributed by atoms with Gasteiger partial charge in [0, 0.05) is 12.6 Å². The van der Waals surface area contributed by atoms with E-state index in [1.165, 1.54) is 7.05 Å². The van der Waals surface area contributed by atoms with Gasteiger partial charge in [-0.05, 0) is 43.7 Å². The first-order valence-electron chi connectivity index (χ1n) is 8.27. The number of nitrogens with zero attached hydrogens (tertiary/aromatic N) is 1. The summed E-state index contributed by atoms with van der Waals surface area (Å²) < 4.78 is 29.7. The van der Waals surface area contributed by atoms with Gasteiger partial charge >= 0.3 is 5.97 Å². The summed E-state index contributed by atoms with van der Waals surface area (Å²) in [5.41, 5.74) is 1.79. The van der Waals surface area contributed by atoms with Crippen LogP contribution in [0.25, 0.3) is 0 Å². The lowest BCUT2D eigenvalue weighted by Crippen LogP contribution is -2.26. The molecule has 144 valence electrons. The van der Waals surface area contributed by atoms with Gasteiger partial charge in [0.1, 0.15) is 0 Å². The van der Waals surface area contributed by atoms with Crippen molar-refractivity contribution in [3.05, 3.63) is 59.2 Å². The molecule has 8 heteroatoms. The fraction of sp³-hybridized carbons (Fsp3) is 0.263. The Morgan fingerprint density at radius 1 is 1.07 bits per heavy atom. The van der Waals surface area contributed by atoms with Crippen LogP contribution in [0.1, 0.15) is 33.2 Å². The van der Waals surface area contributed by atoms with Crippen LogP contribution in [0.15, 0.2) is 42.5 Å². The van der Waals surface area contributed by atoms with E-state index in [0.717, 1.165) is 10.6 Å². The SMILES string of the molecule is CCOC(=O)c1ccccc1NC(=O)c1cccc(N(C)S(C)(=O)=O)c1C. The number of carbonyl (C=O) groups is 2. The molecule has 0 spiro atoms. The van der Waals surface area contributed by atoms with Crippen molar-refractivity contribution in [1.82, 2.24) is 0 Å². The Labute approximate surface area is 159 Å². The Hall–Kier alpha value is -2.87. The van der Waals surface area contributed by atoms with Gasteiger partial charge in [-0.1, -0.05) is 18.2 Å². The molecule has 0 unspecified atom stereocenters. The van der Waals surface area contributed by atoms with Crippen LogP contribution in [0.4, 0.5) is 11.4 Å². The zero-order valence-corrected chi connectivity index (χ0v) is 16.5. The smallest absolute Gasteiger partial charge is 0.340 e. The van der Waals surface area contributed by atoms with Crippen molar-refractivity contribution in [1.29, 1.82) is 0 Å². The van der Waals surface area contributed by atoms with Crippen molar-refractivity contribution in [3.63, 3.8) is 0 Å². The Balaban J connectivity index is 2.37. The summed E-state index contributed by atoms with van der Waals surface area (Å²) in [4.78, 5) is 24.8. The molecule has 0 aliphatic heterocycles. The molecule has 27 heavy (non-hydrogen) atoms. The average Bonchev–Trinajstić information content (AvgIpc) is 2.61. The normalized spacial score (nSPS) is 11.0. The first kappa shape index (κ1) is 20.4. The van der Waals surface area contributed by atoms with Crippen molar-refractivity contribution in [2.24, 2.45) is 0 Å². The molecule has 1 N–H and O–H groups in total. The highest BCUT2D eigenvalue weighted by molar-refractivity contribution is 7.92. The largest absolute Gasteiger partial charge is 0.462 e. The molecule has 0 saturated carbocycles. The number of hydrogen-bond donors (Lipinski definition) is 1. The number of sulfonamides is 1. The highest BCUT2D eigenvalue weighted by atomic mass is 32.2. The highest BCUT2D eigenvalue weighted by Gasteiger charge is 2.20. The zero-order valence-electron chi connectivity index (χ0n) is 15.6. The van der Waals surface area contributed by atoms with E-state index >= 15 is 0 Å².